The van der Waals surface area contributed by atoms with Gasteiger partial charge >= 0.3 is 0 Å². The Labute approximate surface area is 368 Å². The molecule has 1 aliphatic rings. The summed E-state index contributed by atoms with van der Waals surface area (Å²) in [6.45, 7) is 0. The Morgan fingerprint density at radius 2 is 0.688 bits per heavy atom. The summed E-state index contributed by atoms with van der Waals surface area (Å²) in [5.74, 6) is 3.18. The molecule has 300 valence electrons. The lowest BCUT2D eigenvalue weighted by molar-refractivity contribution is 1.06. The first-order valence-electron chi connectivity index (χ1n) is 21.0. The van der Waals surface area contributed by atoms with Crippen LogP contribution >= 0.6 is 0 Å². The van der Waals surface area contributed by atoms with Gasteiger partial charge in [0.2, 0.25) is 0 Å². The van der Waals surface area contributed by atoms with Gasteiger partial charge in [-0.1, -0.05) is 164 Å². The summed E-state index contributed by atoms with van der Waals surface area (Å²) in [5.41, 5.74) is 8.62. The van der Waals surface area contributed by atoms with Gasteiger partial charge in [-0.05, 0) is 47.7 Å². The number of hydrogen-bond acceptors (Lipinski definition) is 9. The minimum Gasteiger partial charge on any atom is -0.299 e. The number of fused-ring (bicyclic) bond motifs is 5. The van der Waals surface area contributed by atoms with Crippen LogP contribution in [-0.2, 0) is 0 Å². The van der Waals surface area contributed by atoms with Gasteiger partial charge in [0.25, 0.3) is 8.07 Å². The van der Waals surface area contributed by atoms with Crippen molar-refractivity contribution in [1.29, 1.82) is 0 Å². The maximum absolute atomic E-state index is 5.60. The quantitative estimate of drug-likeness (QED) is 0.141. The van der Waals surface area contributed by atoms with Gasteiger partial charge in [-0.2, -0.15) is 0 Å². The molecule has 12 rings (SSSR count). The lowest BCUT2D eigenvalue weighted by Gasteiger charge is -2.26. The Morgan fingerprint density at radius 1 is 0.297 bits per heavy atom. The molecule has 6 aromatic carbocycles. The van der Waals surface area contributed by atoms with E-state index in [4.69, 9.17) is 44.9 Å². The van der Waals surface area contributed by atoms with Gasteiger partial charge in [0.05, 0.1) is 11.0 Å². The van der Waals surface area contributed by atoms with Crippen LogP contribution in [0, 0.1) is 0 Å². The van der Waals surface area contributed by atoms with Crippen LogP contribution in [0.5, 0.6) is 0 Å². The van der Waals surface area contributed by atoms with E-state index in [1.54, 1.807) is 0 Å². The van der Waals surface area contributed by atoms with Crippen molar-refractivity contribution in [2.75, 3.05) is 0 Å². The highest BCUT2D eigenvalue weighted by Gasteiger charge is 2.54. The van der Waals surface area contributed by atoms with Gasteiger partial charge in [0.15, 0.2) is 34.9 Å². The van der Waals surface area contributed by atoms with Crippen molar-refractivity contribution in [3.05, 3.63) is 206 Å². The predicted octanol–water partition coefficient (Wildman–Crippen LogP) is 7.88. The summed E-state index contributed by atoms with van der Waals surface area (Å²) in [5, 5.41) is 2.79. The largest absolute Gasteiger partial charge is 0.299 e. The van der Waals surface area contributed by atoms with E-state index < -0.39 is 8.07 Å². The van der Waals surface area contributed by atoms with Crippen molar-refractivity contribution < 1.29 is 0 Å². The number of pyridine rings is 2. The van der Waals surface area contributed by atoms with E-state index in [1.165, 1.54) is 0 Å². The molecule has 0 unspecified atom stereocenters. The standard InChI is InChI=1S/C53H34N10Si/c1-5-19-35(20-6-1)47-57-48(36-21-7-2-8-22-36)60-51(59-47)40-28-17-33-45(54-40)64(44-32-16-15-31-43(44)63-42-30-14-13-27-39(42)56-53(63)64)46-34-18-29-41(55-46)52-61-49(37-23-9-3-10-24-37)58-50(62-52)38-25-11-4-12-26-38/h1-34H. The van der Waals surface area contributed by atoms with Crippen molar-refractivity contribution in [3.63, 3.8) is 0 Å². The second-order valence-electron chi connectivity index (χ2n) is 15.4. The molecule has 10 nitrogen and oxygen atoms in total. The molecule has 0 radical (unpaired) electrons. The Morgan fingerprint density at radius 3 is 1.16 bits per heavy atom. The maximum Gasteiger partial charge on any atom is 0.267 e. The fourth-order valence-electron chi connectivity index (χ4n) is 8.65. The summed E-state index contributed by atoms with van der Waals surface area (Å²) < 4.78 is 2.30. The molecule has 0 spiro atoms. The average molecular weight is 839 g/mol. The molecule has 0 fully saturated rings. The number of nitrogens with zero attached hydrogens (tertiary/aromatic N) is 10. The molecule has 6 heterocycles. The van der Waals surface area contributed by atoms with Crippen LogP contribution in [-0.4, -0.2) is 57.5 Å². The average Bonchev–Trinajstić information content (AvgIpc) is 3.91. The van der Waals surface area contributed by atoms with Crippen LogP contribution in [0.3, 0.4) is 0 Å². The summed E-state index contributed by atoms with van der Waals surface area (Å²) in [4.78, 5) is 46.9. The molecule has 0 N–H and O–H groups in total. The van der Waals surface area contributed by atoms with Crippen LogP contribution in [0.15, 0.2) is 206 Å². The van der Waals surface area contributed by atoms with E-state index in [2.05, 4.69) is 59.2 Å². The molecule has 11 aromatic rings. The molecule has 11 heteroatoms. The number of hydrogen-bond donors (Lipinski definition) is 0. The van der Waals surface area contributed by atoms with Crippen LogP contribution < -0.4 is 21.3 Å². The van der Waals surface area contributed by atoms with E-state index in [1.807, 2.05) is 152 Å². The first-order chi connectivity index (χ1) is 31.7. The molecule has 5 aromatic heterocycles. The van der Waals surface area contributed by atoms with Crippen LogP contribution in [0.2, 0.25) is 0 Å². The Balaban J connectivity index is 1.10. The Bertz CT molecular complexity index is 3230. The first kappa shape index (κ1) is 37.1. The summed E-state index contributed by atoms with van der Waals surface area (Å²) in [7, 11) is -3.46. The van der Waals surface area contributed by atoms with E-state index in [0.717, 1.165) is 60.2 Å². The summed E-state index contributed by atoms with van der Waals surface area (Å²) in [6.07, 6.45) is 0. The molecular formula is C53H34N10Si. The topological polar surface area (TPSA) is 121 Å². The zero-order valence-corrected chi connectivity index (χ0v) is 35.1. The molecule has 0 saturated carbocycles. The van der Waals surface area contributed by atoms with Gasteiger partial charge in [-0.3, -0.25) is 14.5 Å². The highest BCUT2D eigenvalue weighted by Crippen LogP contribution is 2.29. The van der Waals surface area contributed by atoms with Gasteiger partial charge in [0, 0.05) is 38.6 Å². The third kappa shape index (κ3) is 6.21. The van der Waals surface area contributed by atoms with Crippen LogP contribution in [0.4, 0.5) is 0 Å². The van der Waals surface area contributed by atoms with Gasteiger partial charge < -0.3 is 0 Å². The second kappa shape index (κ2) is 15.3. The van der Waals surface area contributed by atoms with Crippen molar-refractivity contribution in [2.24, 2.45) is 0 Å². The Hall–Kier alpha value is -8.67. The monoisotopic (exact) mass is 838 g/mol. The third-order valence-corrected chi connectivity index (χ3v) is 15.9. The summed E-state index contributed by atoms with van der Waals surface area (Å²) >= 11 is 0. The van der Waals surface area contributed by atoms with E-state index in [9.17, 15) is 0 Å². The van der Waals surface area contributed by atoms with Gasteiger partial charge in [-0.15, -0.1) is 0 Å². The van der Waals surface area contributed by atoms with Gasteiger partial charge in [0.1, 0.15) is 16.8 Å². The molecule has 0 aliphatic carbocycles. The second-order valence-corrected chi connectivity index (χ2v) is 18.9. The van der Waals surface area contributed by atoms with Crippen molar-refractivity contribution >= 4 is 40.4 Å². The number of aromatic nitrogens is 10. The lowest BCUT2D eigenvalue weighted by Crippen LogP contribution is -2.75. The number of para-hydroxylation sites is 3. The number of benzene rings is 6. The zero-order chi connectivity index (χ0) is 42.5. The molecule has 0 atom stereocenters. The van der Waals surface area contributed by atoms with Crippen molar-refractivity contribution in [2.45, 2.75) is 0 Å². The number of rotatable bonds is 8. The molecule has 0 saturated heterocycles. The van der Waals surface area contributed by atoms with Gasteiger partial charge in [-0.25, -0.2) is 34.9 Å². The predicted molar refractivity (Wildman–Crippen MR) is 253 cm³/mol. The van der Waals surface area contributed by atoms with E-state index in [0.29, 0.717) is 46.3 Å². The van der Waals surface area contributed by atoms with Crippen molar-refractivity contribution in [3.8, 4) is 74.3 Å². The molecular weight excluding hydrogens is 805 g/mol. The molecule has 1 aliphatic heterocycles. The van der Waals surface area contributed by atoms with E-state index >= 15 is 0 Å². The van der Waals surface area contributed by atoms with Crippen LogP contribution in [0.1, 0.15) is 0 Å². The zero-order valence-electron chi connectivity index (χ0n) is 34.1. The normalized spacial score (nSPS) is 12.5. The first-order valence-corrected chi connectivity index (χ1v) is 23.0. The maximum atomic E-state index is 5.60. The molecule has 0 bridgehead atoms. The summed E-state index contributed by atoms with van der Waals surface area (Å²) in [6, 6.07) is 69.0. The highest BCUT2D eigenvalue weighted by atomic mass is 28.3. The van der Waals surface area contributed by atoms with Crippen molar-refractivity contribution in [1.82, 2.24) is 49.4 Å². The van der Waals surface area contributed by atoms with E-state index in [-0.39, 0.29) is 0 Å². The molecule has 64 heavy (non-hydrogen) atoms. The molecule has 0 amide bonds. The minimum atomic E-state index is -3.46. The fourth-order valence-corrected chi connectivity index (χ4v) is 13.2. The lowest BCUT2D eigenvalue weighted by atomic mass is 10.2. The number of imidazole rings is 1. The fraction of sp³-hybridized carbons (Fsp3) is 0. The Kier molecular flexibility index (Phi) is 8.90. The minimum absolute atomic E-state index is 0.465. The highest BCUT2D eigenvalue weighted by molar-refractivity contribution is 7.20. The smallest absolute Gasteiger partial charge is 0.267 e. The SMILES string of the molecule is c1ccc(-c2nc(-c3ccccc3)nc(-c3cccc([Si]4(c5cccc(-c6nc(-c7ccccc7)nc(-c7ccccc7)n6)n5)c5ccccc5-n5c4nc4ccccc45)n3)n2)cc1. The van der Waals surface area contributed by atoms with Crippen LogP contribution in [0.25, 0.3) is 85.3 Å². The third-order valence-electron chi connectivity index (χ3n) is 11.6.